The Balaban J connectivity index is 2.22. The molecule has 1 saturated heterocycles. The van der Waals surface area contributed by atoms with Crippen molar-refractivity contribution in [3.8, 4) is 0 Å². The molecule has 0 radical (unpaired) electrons. The number of nitrogens with zero attached hydrogens (tertiary/aromatic N) is 6. The fourth-order valence-electron chi connectivity index (χ4n) is 7.18. The van der Waals surface area contributed by atoms with Crippen molar-refractivity contribution in [1.29, 1.82) is 0 Å². The van der Waals surface area contributed by atoms with Crippen LogP contribution in [0.25, 0.3) is 10.4 Å². The highest BCUT2D eigenvalue weighted by molar-refractivity contribution is 6.00. The first-order chi connectivity index (χ1) is 24.8. The van der Waals surface area contributed by atoms with Gasteiger partial charge in [0.1, 0.15) is 18.3 Å². The van der Waals surface area contributed by atoms with E-state index in [0.717, 1.165) is 4.57 Å². The predicted octanol–water partition coefficient (Wildman–Crippen LogP) is 4.42. The Bertz CT molecular complexity index is 1560. The molecule has 0 N–H and O–H groups in total. The van der Waals surface area contributed by atoms with Crippen molar-refractivity contribution in [3.05, 3.63) is 40.8 Å². The minimum Gasteiger partial charge on any atom is -0.457 e. The molecule has 294 valence electrons. The van der Waals surface area contributed by atoms with E-state index in [-0.39, 0.29) is 30.6 Å². The van der Waals surface area contributed by atoms with Crippen LogP contribution in [0.5, 0.6) is 0 Å². The number of azide groups is 1. The van der Waals surface area contributed by atoms with E-state index in [1.165, 1.54) is 52.7 Å². The van der Waals surface area contributed by atoms with Crippen LogP contribution in [0.2, 0.25) is 0 Å². The molecule has 3 heterocycles. The number of hydrogen-bond acceptors (Lipinski definition) is 14. The summed E-state index contributed by atoms with van der Waals surface area (Å²) in [4.78, 5) is 76.6. The van der Waals surface area contributed by atoms with Crippen LogP contribution in [-0.2, 0) is 47.6 Å². The number of aromatic nitrogens is 2. The molecular formula is C36H54N6O11. The fourth-order valence-corrected chi connectivity index (χ4v) is 7.18. The lowest BCUT2D eigenvalue weighted by Crippen LogP contribution is -2.60. The minimum absolute atomic E-state index is 0.0101. The number of hydrogen-bond donors (Lipinski definition) is 0. The van der Waals surface area contributed by atoms with E-state index in [1.807, 2.05) is 25.9 Å². The molecule has 2 aliphatic rings. The Labute approximate surface area is 310 Å². The van der Waals surface area contributed by atoms with E-state index in [0.29, 0.717) is 6.42 Å². The minimum atomic E-state index is -1.78. The van der Waals surface area contributed by atoms with Gasteiger partial charge in [-0.3, -0.25) is 19.2 Å². The van der Waals surface area contributed by atoms with Gasteiger partial charge in [0, 0.05) is 48.7 Å². The number of ketones is 2. The molecule has 3 rings (SSSR count). The zero-order valence-corrected chi connectivity index (χ0v) is 32.5. The second-order valence-corrected chi connectivity index (χ2v) is 14.5. The molecule has 0 amide bonds. The molecular weight excluding hydrogens is 692 g/mol. The van der Waals surface area contributed by atoms with Crippen LogP contribution in [-0.4, -0.2) is 120 Å². The van der Waals surface area contributed by atoms with Gasteiger partial charge in [0.25, 0.3) is 0 Å². The third kappa shape index (κ3) is 10.3. The average molecular weight is 747 g/mol. The van der Waals surface area contributed by atoms with Crippen molar-refractivity contribution in [2.24, 2.45) is 22.9 Å². The molecule has 1 fully saturated rings. The van der Waals surface area contributed by atoms with Crippen molar-refractivity contribution in [2.45, 2.75) is 123 Å². The standard InChI is InChI=1S/C36H54N6O11/c1-12-27-35(7,53-34(47)42-14-13-38-19-42)17-25(18-39-40-37)28(44)20(2)16-36(8,48-11)31(22(4)29(45)23(5)32(46)51-27)52-33-30(50-24(6)43)26(41(9)10)15-21(3)49-33/h13-14,17,19-23,26-27,30-31,33H,12,15-16,18H2,1-11H3/t20-,21-,22+,23-,26+,27-,30-,31-,33+,35+,36+/m1/s1. The molecule has 0 aliphatic carbocycles. The first kappa shape index (κ1) is 43.3. The van der Waals surface area contributed by atoms with Gasteiger partial charge in [0.05, 0.1) is 30.4 Å². The third-order valence-electron chi connectivity index (χ3n) is 10.1. The molecule has 1 aromatic heterocycles. The van der Waals surface area contributed by atoms with E-state index in [1.54, 1.807) is 27.7 Å². The summed E-state index contributed by atoms with van der Waals surface area (Å²) in [5.41, 5.74) is 6.05. The molecule has 1 aromatic rings. The molecule has 53 heavy (non-hydrogen) atoms. The number of cyclic esters (lactones) is 1. The first-order valence-electron chi connectivity index (χ1n) is 17.7. The zero-order valence-electron chi connectivity index (χ0n) is 32.5. The van der Waals surface area contributed by atoms with E-state index < -0.39 is 89.7 Å². The van der Waals surface area contributed by atoms with Crippen LogP contribution in [0.1, 0.15) is 74.7 Å². The van der Waals surface area contributed by atoms with Gasteiger partial charge in [-0.1, -0.05) is 25.9 Å². The largest absolute Gasteiger partial charge is 0.457 e. The molecule has 0 aromatic carbocycles. The summed E-state index contributed by atoms with van der Waals surface area (Å²) < 4.78 is 37.6. The summed E-state index contributed by atoms with van der Waals surface area (Å²) in [7, 11) is 5.11. The van der Waals surface area contributed by atoms with Crippen molar-refractivity contribution in [2.75, 3.05) is 27.7 Å². The smallest absolute Gasteiger partial charge is 0.420 e. The quantitative estimate of drug-likeness (QED) is 0.0856. The Morgan fingerprint density at radius 3 is 2.40 bits per heavy atom. The van der Waals surface area contributed by atoms with Crippen LogP contribution in [0, 0.1) is 17.8 Å². The molecule has 0 spiro atoms. The lowest BCUT2D eigenvalue weighted by atomic mass is 9.76. The van der Waals surface area contributed by atoms with Gasteiger partial charge in [-0.25, -0.2) is 14.3 Å². The Morgan fingerprint density at radius 2 is 1.85 bits per heavy atom. The number of rotatable bonds is 9. The van der Waals surface area contributed by atoms with Gasteiger partial charge in [-0.15, -0.1) is 0 Å². The molecule has 17 nitrogen and oxygen atoms in total. The normalized spacial score (nSPS) is 34.7. The summed E-state index contributed by atoms with van der Waals surface area (Å²) >= 11 is 0. The average Bonchev–Trinajstić information content (AvgIpc) is 3.65. The second kappa shape index (κ2) is 18.3. The summed E-state index contributed by atoms with van der Waals surface area (Å²) in [6, 6.07) is -0.308. The molecule has 2 aliphatic heterocycles. The van der Waals surface area contributed by atoms with Crippen LogP contribution >= 0.6 is 0 Å². The maximum absolute atomic E-state index is 14.3. The SMILES string of the molecule is CC[C@H]1OC(=O)[C@H](C)C(=O)[C@H](C)[C@@H](O[C@@H]2O[C@H](C)C[C@H](N(C)C)[C@H]2OC(C)=O)[C@@](C)(OC)C[C@@H](C)C(=O)C(CN=[N+]=[N-])=C[C@]1(C)OC(=O)n1ccnc1. The Kier molecular flexibility index (Phi) is 14.9. The van der Waals surface area contributed by atoms with Crippen LogP contribution in [0.15, 0.2) is 35.5 Å². The van der Waals surface area contributed by atoms with Gasteiger partial charge in [-0.05, 0) is 72.7 Å². The number of esters is 2. The van der Waals surface area contributed by atoms with E-state index in [2.05, 4.69) is 15.0 Å². The van der Waals surface area contributed by atoms with E-state index in [4.69, 9.17) is 28.4 Å². The molecule has 17 heteroatoms. The lowest BCUT2D eigenvalue weighted by Gasteiger charge is -2.47. The van der Waals surface area contributed by atoms with Crippen molar-refractivity contribution < 1.29 is 52.4 Å². The highest BCUT2D eigenvalue weighted by Crippen LogP contribution is 2.38. The molecule has 0 saturated carbocycles. The van der Waals surface area contributed by atoms with Crippen LogP contribution in [0.4, 0.5) is 4.79 Å². The predicted molar refractivity (Wildman–Crippen MR) is 189 cm³/mol. The molecule has 0 bridgehead atoms. The maximum atomic E-state index is 14.3. The topological polar surface area (TPSA) is 211 Å². The van der Waals surface area contributed by atoms with Gasteiger partial charge < -0.3 is 33.3 Å². The lowest BCUT2D eigenvalue weighted by molar-refractivity contribution is -0.297. The molecule has 0 unspecified atom stereocenters. The monoisotopic (exact) mass is 746 g/mol. The van der Waals surface area contributed by atoms with Crippen LogP contribution in [0.3, 0.4) is 0 Å². The summed E-state index contributed by atoms with van der Waals surface area (Å²) in [5, 5.41) is 3.65. The summed E-state index contributed by atoms with van der Waals surface area (Å²) in [6.07, 6.45) is 0.259. The van der Waals surface area contributed by atoms with Crippen LogP contribution < -0.4 is 0 Å². The highest BCUT2D eigenvalue weighted by atomic mass is 16.7. The number of imidazole rings is 1. The van der Waals surface area contributed by atoms with Gasteiger partial charge >= 0.3 is 18.0 Å². The highest BCUT2D eigenvalue weighted by Gasteiger charge is 2.51. The summed E-state index contributed by atoms with van der Waals surface area (Å²) in [6.45, 7) is 12.2. The van der Waals surface area contributed by atoms with E-state index in [9.17, 15) is 29.5 Å². The number of ether oxygens (including phenoxy) is 6. The van der Waals surface area contributed by atoms with E-state index >= 15 is 0 Å². The number of carbonyl (C=O) groups excluding carboxylic acids is 5. The van der Waals surface area contributed by atoms with Crippen molar-refractivity contribution >= 4 is 29.6 Å². The van der Waals surface area contributed by atoms with Crippen molar-refractivity contribution in [1.82, 2.24) is 14.5 Å². The zero-order chi connectivity index (χ0) is 39.8. The number of Topliss-reactive ketones (excluding diaryl/α,β-unsaturated/α-hetero) is 2. The van der Waals surface area contributed by atoms with Gasteiger partial charge in [-0.2, -0.15) is 0 Å². The number of carbonyl (C=O) groups is 5. The number of methoxy groups -OCH3 is 1. The fraction of sp³-hybridized carbons (Fsp3) is 0.722. The van der Waals surface area contributed by atoms with Gasteiger partial charge in [0.15, 0.2) is 29.6 Å². The third-order valence-corrected chi connectivity index (χ3v) is 10.1. The number of likely N-dealkylation sites (N-methyl/N-ethyl adjacent to an activating group) is 1. The second-order valence-electron chi connectivity index (χ2n) is 14.5. The van der Waals surface area contributed by atoms with Gasteiger partial charge in [0.2, 0.25) is 0 Å². The first-order valence-corrected chi connectivity index (χ1v) is 17.7. The van der Waals surface area contributed by atoms with Crippen molar-refractivity contribution in [3.63, 3.8) is 0 Å². The Hall–Kier alpha value is -4.15. The molecule has 11 atom stereocenters. The summed E-state index contributed by atoms with van der Waals surface area (Å²) in [5.74, 6) is -5.75. The Morgan fingerprint density at radius 1 is 1.17 bits per heavy atom. The maximum Gasteiger partial charge on any atom is 0.420 e.